The number of rotatable bonds is 11. The summed E-state index contributed by atoms with van der Waals surface area (Å²) in [6, 6.07) is 18.6. The van der Waals surface area contributed by atoms with Crippen LogP contribution in [0.15, 0.2) is 68.4 Å². The molecule has 8 aliphatic rings. The molecule has 2 N–H and O–H groups in total. The van der Waals surface area contributed by atoms with E-state index in [1.807, 2.05) is 57.7 Å². The van der Waals surface area contributed by atoms with Gasteiger partial charge >= 0.3 is 41.5 Å². The first-order chi connectivity index (χ1) is 36.1. The van der Waals surface area contributed by atoms with Crippen LogP contribution in [0.3, 0.4) is 0 Å². The number of carboxylic acid groups (broad SMARTS) is 1. The van der Waals surface area contributed by atoms with Crippen molar-refractivity contribution >= 4 is 45.4 Å². The number of fused-ring (bicyclic) bond motifs is 10. The van der Waals surface area contributed by atoms with E-state index in [9.17, 15) is 24.3 Å². The Bertz CT molecular complexity index is 2850. The maximum atomic E-state index is 14.0. The van der Waals surface area contributed by atoms with E-state index in [0.29, 0.717) is 47.3 Å². The van der Waals surface area contributed by atoms with Crippen LogP contribution >= 0.6 is 0 Å². The van der Waals surface area contributed by atoms with Gasteiger partial charge in [0.25, 0.3) is 11.1 Å². The van der Waals surface area contributed by atoms with Gasteiger partial charge in [0, 0.05) is 48.3 Å². The van der Waals surface area contributed by atoms with Crippen LogP contribution in [0.25, 0.3) is 22.1 Å². The van der Waals surface area contributed by atoms with Gasteiger partial charge in [0.1, 0.15) is 14.2 Å². The van der Waals surface area contributed by atoms with Gasteiger partial charge in [-0.1, -0.05) is 85.9 Å². The number of carbonyl (C=O) groups is 2. The van der Waals surface area contributed by atoms with Crippen LogP contribution in [0.5, 0.6) is 0 Å². The second-order valence-corrected chi connectivity index (χ2v) is 23.2. The van der Waals surface area contributed by atoms with E-state index in [0.717, 1.165) is 60.4 Å². The van der Waals surface area contributed by atoms with Gasteiger partial charge in [-0.2, -0.15) is 0 Å². The van der Waals surface area contributed by atoms with Gasteiger partial charge in [0.05, 0.1) is 28.7 Å². The number of ether oxygens (including phenoxy) is 1. The summed E-state index contributed by atoms with van der Waals surface area (Å²) in [7, 11) is 2.63. The Morgan fingerprint density at radius 3 is 1.28 bits per heavy atom. The molecule has 2 aromatic heterocycles. The summed E-state index contributed by atoms with van der Waals surface area (Å²) < 4.78 is 8.89. The van der Waals surface area contributed by atoms with Crippen molar-refractivity contribution in [1.82, 2.24) is 28.9 Å². The average molecular weight is 1050 g/mol. The normalized spacial score (nSPS) is 31.4. The number of hydrogen-bond donors (Lipinski definition) is 1. The SMILES string of the molecule is CCOC(=O)/C(=N\OC)c1nc2ccccc2n(C2C[C@H]3CC[C@@H](C2)N3C2CC3CCCCC(C3)C2)c1=O.CO/N=C(\C(=O)O)c1nc2ccccc2n(C2C[C@H]3CC[C@@H](C2)N3C2CC3CCCCC(C3)C2)c1=O.[Na+].[OH-]. The minimum atomic E-state index is -1.32. The molecule has 4 saturated heterocycles. The molecule has 17 nitrogen and oxygen atoms in total. The molecule has 18 heteroatoms. The van der Waals surface area contributed by atoms with Crippen LogP contribution in [0, 0.1) is 23.7 Å². The number of carbonyl (C=O) groups excluding carboxylic acids is 1. The molecule has 0 amide bonds. The number of oxime groups is 2. The molecule has 4 aliphatic carbocycles. The summed E-state index contributed by atoms with van der Waals surface area (Å²) in [5.74, 6) is 1.55. The first-order valence-electron chi connectivity index (χ1n) is 28.3. The molecule has 0 spiro atoms. The number of benzene rings is 2. The molecule has 404 valence electrons. The molecule has 4 aromatic rings. The van der Waals surface area contributed by atoms with Crippen molar-refractivity contribution < 1.29 is 64.1 Å². The number of piperidine rings is 2. The Morgan fingerprint density at radius 1 is 0.539 bits per heavy atom. The Hall–Kier alpha value is -4.52. The number of nitrogens with zero attached hydrogens (tertiary/aromatic N) is 8. The third-order valence-corrected chi connectivity index (χ3v) is 18.9. The molecular weight excluding hydrogens is 976 g/mol. The second-order valence-electron chi connectivity index (χ2n) is 23.2. The number of para-hydroxylation sites is 4. The Balaban J connectivity index is 0.000000181. The number of esters is 1. The van der Waals surface area contributed by atoms with Crippen LogP contribution in [0.1, 0.15) is 172 Å². The van der Waals surface area contributed by atoms with Crippen molar-refractivity contribution in [2.75, 3.05) is 20.8 Å². The van der Waals surface area contributed by atoms with E-state index < -0.39 is 23.2 Å². The number of hydrogen-bond acceptors (Lipinski definition) is 14. The van der Waals surface area contributed by atoms with Crippen molar-refractivity contribution in [3.8, 4) is 0 Å². The summed E-state index contributed by atoms with van der Waals surface area (Å²) in [6.45, 7) is 1.90. The van der Waals surface area contributed by atoms with Gasteiger partial charge in [0.2, 0.25) is 11.4 Å². The molecule has 6 unspecified atom stereocenters. The van der Waals surface area contributed by atoms with Crippen LogP contribution in [0.4, 0.5) is 0 Å². The molecule has 4 aliphatic heterocycles. The molecule has 76 heavy (non-hydrogen) atoms. The zero-order valence-electron chi connectivity index (χ0n) is 45.1. The largest absolute Gasteiger partial charge is 1.00 e. The van der Waals surface area contributed by atoms with E-state index in [4.69, 9.17) is 14.4 Å². The first kappa shape index (κ1) is 56.2. The fourth-order valence-corrected chi connectivity index (χ4v) is 16.3. The zero-order valence-corrected chi connectivity index (χ0v) is 47.1. The fraction of sp³-hybridized carbons (Fsp3) is 0.655. The smallest absolute Gasteiger partial charge is 0.870 e. The topological polar surface area (TPSA) is 213 Å². The van der Waals surface area contributed by atoms with Crippen molar-refractivity contribution in [2.24, 2.45) is 34.0 Å². The summed E-state index contributed by atoms with van der Waals surface area (Å²) in [5.41, 5.74) is 1.35. The third-order valence-electron chi connectivity index (χ3n) is 18.9. The second kappa shape index (κ2) is 24.7. The van der Waals surface area contributed by atoms with Gasteiger partial charge in [-0.15, -0.1) is 0 Å². The molecular formula is C58H77N8NaO9. The van der Waals surface area contributed by atoms with Gasteiger partial charge < -0.3 is 34.1 Å². The molecule has 0 radical (unpaired) electrons. The first-order valence-corrected chi connectivity index (χ1v) is 28.3. The van der Waals surface area contributed by atoms with E-state index in [-0.39, 0.29) is 76.4 Å². The van der Waals surface area contributed by atoms with Gasteiger partial charge in [-0.3, -0.25) is 19.4 Å². The number of aliphatic carboxylic acids is 1. The van der Waals surface area contributed by atoms with E-state index in [1.54, 1.807) is 6.92 Å². The van der Waals surface area contributed by atoms with Crippen LogP contribution in [-0.4, -0.2) is 120 Å². The molecule has 10 atom stereocenters. The molecule has 4 saturated carbocycles. The quantitative estimate of drug-likeness (QED) is 0.0789. The zero-order chi connectivity index (χ0) is 51.0. The third kappa shape index (κ3) is 11.2. The predicted molar refractivity (Wildman–Crippen MR) is 285 cm³/mol. The van der Waals surface area contributed by atoms with Crippen LogP contribution < -0.4 is 40.7 Å². The number of carboxylic acids is 1. The van der Waals surface area contributed by atoms with Gasteiger partial charge in [-0.05, 0) is 145 Å². The monoisotopic (exact) mass is 1050 g/mol. The van der Waals surface area contributed by atoms with Crippen molar-refractivity contribution in [3.05, 3.63) is 80.6 Å². The number of aromatic nitrogens is 4. The van der Waals surface area contributed by atoms with Crippen molar-refractivity contribution in [1.29, 1.82) is 0 Å². The van der Waals surface area contributed by atoms with Gasteiger partial charge in [0.15, 0.2) is 11.4 Å². The van der Waals surface area contributed by atoms with E-state index in [1.165, 1.54) is 130 Å². The summed E-state index contributed by atoms with van der Waals surface area (Å²) >= 11 is 0. The fourth-order valence-electron chi connectivity index (χ4n) is 16.3. The molecule has 8 fully saturated rings. The van der Waals surface area contributed by atoms with E-state index >= 15 is 0 Å². The van der Waals surface area contributed by atoms with Gasteiger partial charge in [-0.25, -0.2) is 19.6 Å². The predicted octanol–water partition coefficient (Wildman–Crippen LogP) is 6.02. The summed E-state index contributed by atoms with van der Waals surface area (Å²) in [6.07, 6.45) is 28.0. The molecule has 12 rings (SSSR count). The minimum Gasteiger partial charge on any atom is -0.870 e. The van der Waals surface area contributed by atoms with E-state index in [2.05, 4.69) is 30.1 Å². The van der Waals surface area contributed by atoms with Crippen molar-refractivity contribution in [3.63, 3.8) is 0 Å². The standard InChI is InChI=1S/C30H40N4O4.C28H36N4O4.Na.H2O/c1-3-38-30(36)28(32-37-2)27-29(35)34(26-11-7-6-10-25(26)31-27)24-17-21-12-13-22(18-24)33(21)23-15-19-8-4-5-9-20(14-19)16-23;1-36-30-26(28(34)35)25-27(33)32(24-9-5-4-8-23(24)29-25)22-15-19-10-11-20(16-22)31(19)21-13-17-6-2-3-7-18(12-17)14-21;;/h6-7,10-11,19-24H,3-5,8-9,12-18H2,1-2H3;4-5,8-9,17-22H,2-3,6-7,10-16H2,1H3,(H,34,35);;1H2/q;;+1;/p-1/b32-28-;30-26-;;/t19?,20?,21-,22+,23?,24?;17?,18?,19-,20+,21?,22?;;. The Kier molecular flexibility index (Phi) is 18.2. The average Bonchev–Trinajstić information content (AvgIpc) is 3.68. The van der Waals surface area contributed by atoms with Crippen LogP contribution in [-0.2, 0) is 24.0 Å². The Morgan fingerprint density at radius 2 is 0.908 bits per heavy atom. The summed E-state index contributed by atoms with van der Waals surface area (Å²) in [4.78, 5) is 76.9. The maximum Gasteiger partial charge on any atom is 1.00 e. The molecule has 8 bridgehead atoms. The molecule has 2 aromatic carbocycles. The van der Waals surface area contributed by atoms with Crippen molar-refractivity contribution in [2.45, 2.75) is 197 Å². The Labute approximate surface area is 467 Å². The molecule has 6 heterocycles. The summed E-state index contributed by atoms with van der Waals surface area (Å²) in [5, 5.41) is 17.2. The minimum absolute atomic E-state index is 0. The van der Waals surface area contributed by atoms with Crippen LogP contribution in [0.2, 0.25) is 0 Å². The maximum absolute atomic E-state index is 14.0.